The molecule has 1 heterocycles. The van der Waals surface area contributed by atoms with Crippen LogP contribution in [0.2, 0.25) is 0 Å². The molecule has 3 nitrogen and oxygen atoms in total. The minimum Gasteiger partial charge on any atom is -0.391 e. The summed E-state index contributed by atoms with van der Waals surface area (Å²) < 4.78 is 13.3. The second kappa shape index (κ2) is 4.61. The normalized spacial score (nSPS) is 20.1. The van der Waals surface area contributed by atoms with Crippen molar-refractivity contribution < 1.29 is 14.3 Å². The first kappa shape index (κ1) is 11.1. The van der Waals surface area contributed by atoms with E-state index >= 15 is 0 Å². The Hall–Kier alpha value is -1.42. The van der Waals surface area contributed by atoms with Gasteiger partial charge in [0.1, 0.15) is 5.82 Å². The SMILES string of the molecule is O=C(Cc1ccccc1F)N1CC[C@@H](O)C1. The molecule has 0 radical (unpaired) electrons. The van der Waals surface area contributed by atoms with Gasteiger partial charge in [0, 0.05) is 13.1 Å². The van der Waals surface area contributed by atoms with Gasteiger partial charge in [-0.25, -0.2) is 4.39 Å². The Kier molecular flexibility index (Phi) is 3.19. The number of carbonyl (C=O) groups is 1. The molecule has 0 unspecified atom stereocenters. The molecule has 1 aromatic carbocycles. The van der Waals surface area contributed by atoms with E-state index in [1.54, 1.807) is 23.1 Å². The van der Waals surface area contributed by atoms with Crippen molar-refractivity contribution in [1.82, 2.24) is 4.90 Å². The van der Waals surface area contributed by atoms with Gasteiger partial charge in [0.2, 0.25) is 5.91 Å². The number of hydrogen-bond acceptors (Lipinski definition) is 2. The van der Waals surface area contributed by atoms with Crippen LogP contribution in [0.4, 0.5) is 4.39 Å². The maximum atomic E-state index is 13.3. The van der Waals surface area contributed by atoms with Crippen molar-refractivity contribution in [3.8, 4) is 0 Å². The first-order chi connectivity index (χ1) is 7.66. The van der Waals surface area contributed by atoms with Crippen LogP contribution in [0.3, 0.4) is 0 Å². The summed E-state index contributed by atoms with van der Waals surface area (Å²) >= 11 is 0. The van der Waals surface area contributed by atoms with Gasteiger partial charge in [-0.2, -0.15) is 0 Å². The van der Waals surface area contributed by atoms with Crippen LogP contribution in [0, 0.1) is 5.82 Å². The van der Waals surface area contributed by atoms with E-state index in [1.807, 2.05) is 0 Å². The number of nitrogens with zero attached hydrogens (tertiary/aromatic N) is 1. The number of β-amino-alcohol motifs (C(OH)–C–C–N with tert-alkyl or cyclic N) is 1. The zero-order chi connectivity index (χ0) is 11.5. The first-order valence-corrected chi connectivity index (χ1v) is 5.36. The fourth-order valence-corrected chi connectivity index (χ4v) is 1.88. The molecule has 0 spiro atoms. The van der Waals surface area contributed by atoms with Gasteiger partial charge in [-0.1, -0.05) is 18.2 Å². The number of amides is 1. The van der Waals surface area contributed by atoms with Gasteiger partial charge in [0.05, 0.1) is 12.5 Å². The number of rotatable bonds is 2. The predicted octanol–water partition coefficient (Wildman–Crippen LogP) is 0.961. The Morgan fingerprint density at radius 1 is 1.50 bits per heavy atom. The summed E-state index contributed by atoms with van der Waals surface area (Å²) in [5.74, 6) is -0.475. The second-order valence-corrected chi connectivity index (χ2v) is 4.05. The van der Waals surface area contributed by atoms with E-state index < -0.39 is 6.10 Å². The molecule has 86 valence electrons. The van der Waals surface area contributed by atoms with Gasteiger partial charge >= 0.3 is 0 Å². The summed E-state index contributed by atoms with van der Waals surface area (Å²) in [6.45, 7) is 0.932. The van der Waals surface area contributed by atoms with E-state index in [9.17, 15) is 14.3 Å². The van der Waals surface area contributed by atoms with Crippen LogP contribution in [0.25, 0.3) is 0 Å². The van der Waals surface area contributed by atoms with Crippen LogP contribution in [-0.2, 0) is 11.2 Å². The number of likely N-dealkylation sites (tertiary alicyclic amines) is 1. The summed E-state index contributed by atoms with van der Waals surface area (Å²) in [5.41, 5.74) is 0.411. The van der Waals surface area contributed by atoms with Crippen molar-refractivity contribution >= 4 is 5.91 Å². The first-order valence-electron chi connectivity index (χ1n) is 5.36. The van der Waals surface area contributed by atoms with Crippen molar-refractivity contribution in [2.45, 2.75) is 18.9 Å². The maximum Gasteiger partial charge on any atom is 0.227 e. The number of aliphatic hydroxyl groups excluding tert-OH is 1. The molecule has 2 rings (SSSR count). The van der Waals surface area contributed by atoms with Crippen LogP contribution in [-0.4, -0.2) is 35.1 Å². The quantitative estimate of drug-likeness (QED) is 0.811. The van der Waals surface area contributed by atoms with E-state index in [-0.39, 0.29) is 18.1 Å². The minimum absolute atomic E-state index is 0.0688. The lowest BCUT2D eigenvalue weighted by molar-refractivity contribution is -0.129. The lowest BCUT2D eigenvalue weighted by Gasteiger charge is -2.15. The lowest BCUT2D eigenvalue weighted by atomic mass is 10.1. The second-order valence-electron chi connectivity index (χ2n) is 4.05. The van der Waals surface area contributed by atoms with Crippen molar-refractivity contribution in [1.29, 1.82) is 0 Å². The highest BCUT2D eigenvalue weighted by Crippen LogP contribution is 2.13. The Labute approximate surface area is 93.5 Å². The van der Waals surface area contributed by atoms with Crippen molar-refractivity contribution in [3.63, 3.8) is 0 Å². The molecule has 1 aliphatic heterocycles. The number of halogens is 1. The third kappa shape index (κ3) is 2.39. The number of aliphatic hydroxyl groups is 1. The molecule has 1 aliphatic rings. The largest absolute Gasteiger partial charge is 0.391 e. The molecule has 1 amide bonds. The van der Waals surface area contributed by atoms with Gasteiger partial charge in [-0.05, 0) is 18.1 Å². The van der Waals surface area contributed by atoms with Crippen LogP contribution < -0.4 is 0 Å². The van der Waals surface area contributed by atoms with E-state index in [0.717, 1.165) is 0 Å². The van der Waals surface area contributed by atoms with Gasteiger partial charge in [-0.3, -0.25) is 4.79 Å². The maximum absolute atomic E-state index is 13.3. The molecule has 1 saturated heterocycles. The third-order valence-electron chi connectivity index (χ3n) is 2.82. The molecule has 1 aromatic rings. The fourth-order valence-electron chi connectivity index (χ4n) is 1.88. The Morgan fingerprint density at radius 2 is 2.25 bits per heavy atom. The highest BCUT2D eigenvalue weighted by Gasteiger charge is 2.24. The Bertz CT molecular complexity index is 394. The summed E-state index contributed by atoms with van der Waals surface area (Å²) in [6.07, 6.45) is 0.257. The van der Waals surface area contributed by atoms with Gasteiger partial charge < -0.3 is 10.0 Å². The standard InChI is InChI=1S/C12H14FNO2/c13-11-4-2-1-3-9(11)7-12(16)14-6-5-10(15)8-14/h1-4,10,15H,5-8H2/t10-/m1/s1. The van der Waals surface area contributed by atoms with E-state index in [2.05, 4.69) is 0 Å². The number of benzene rings is 1. The highest BCUT2D eigenvalue weighted by molar-refractivity contribution is 5.79. The third-order valence-corrected chi connectivity index (χ3v) is 2.82. The van der Waals surface area contributed by atoms with Crippen molar-refractivity contribution in [2.24, 2.45) is 0 Å². The van der Waals surface area contributed by atoms with Crippen LogP contribution in [0.1, 0.15) is 12.0 Å². The smallest absolute Gasteiger partial charge is 0.227 e. The van der Waals surface area contributed by atoms with Crippen LogP contribution in [0.15, 0.2) is 24.3 Å². The molecular formula is C12H14FNO2. The van der Waals surface area contributed by atoms with Gasteiger partial charge in [0.25, 0.3) is 0 Å². The molecule has 1 fully saturated rings. The molecule has 16 heavy (non-hydrogen) atoms. The highest BCUT2D eigenvalue weighted by atomic mass is 19.1. The predicted molar refractivity (Wildman–Crippen MR) is 57.3 cm³/mol. The minimum atomic E-state index is -0.426. The van der Waals surface area contributed by atoms with Gasteiger partial charge in [-0.15, -0.1) is 0 Å². The van der Waals surface area contributed by atoms with Gasteiger partial charge in [0.15, 0.2) is 0 Å². The molecule has 0 saturated carbocycles. The molecule has 0 bridgehead atoms. The average Bonchev–Trinajstić information content (AvgIpc) is 2.68. The zero-order valence-corrected chi connectivity index (χ0v) is 8.90. The molecule has 1 N–H and O–H groups in total. The molecule has 0 aromatic heterocycles. The number of carbonyl (C=O) groups excluding carboxylic acids is 1. The number of hydrogen-bond donors (Lipinski definition) is 1. The summed E-state index contributed by atoms with van der Waals surface area (Å²) in [6, 6.07) is 6.27. The van der Waals surface area contributed by atoms with Crippen molar-refractivity contribution in [2.75, 3.05) is 13.1 Å². The Morgan fingerprint density at radius 3 is 2.88 bits per heavy atom. The lowest BCUT2D eigenvalue weighted by Crippen LogP contribution is -2.31. The summed E-state index contributed by atoms with van der Waals surface area (Å²) in [5, 5.41) is 9.30. The molecular weight excluding hydrogens is 209 g/mol. The van der Waals surface area contributed by atoms with Crippen LogP contribution >= 0.6 is 0 Å². The average molecular weight is 223 g/mol. The molecule has 1 atom stereocenters. The Balaban J connectivity index is 2.00. The molecule has 0 aliphatic carbocycles. The fraction of sp³-hybridized carbons (Fsp3) is 0.417. The molecule has 4 heteroatoms. The summed E-state index contributed by atoms with van der Waals surface area (Å²) in [4.78, 5) is 13.3. The van der Waals surface area contributed by atoms with E-state index in [1.165, 1.54) is 6.07 Å². The van der Waals surface area contributed by atoms with Crippen LogP contribution in [0.5, 0.6) is 0 Å². The zero-order valence-electron chi connectivity index (χ0n) is 8.90. The summed E-state index contributed by atoms with van der Waals surface area (Å²) in [7, 11) is 0. The van der Waals surface area contributed by atoms with E-state index in [0.29, 0.717) is 25.1 Å². The monoisotopic (exact) mass is 223 g/mol. The topological polar surface area (TPSA) is 40.5 Å². The van der Waals surface area contributed by atoms with Crippen molar-refractivity contribution in [3.05, 3.63) is 35.6 Å². The van der Waals surface area contributed by atoms with E-state index in [4.69, 9.17) is 0 Å².